The Morgan fingerprint density at radius 2 is 1.79 bits per heavy atom. The molecule has 0 radical (unpaired) electrons. The maximum Gasteiger partial charge on any atom is 0.278 e. The van der Waals surface area contributed by atoms with Gasteiger partial charge in [-0.15, -0.1) is 0 Å². The zero-order valence-corrected chi connectivity index (χ0v) is 13.8. The van der Waals surface area contributed by atoms with Crippen LogP contribution in [0.2, 0.25) is 0 Å². The zero-order chi connectivity index (χ0) is 17.4. The molecule has 0 unspecified atom stereocenters. The number of rotatable bonds is 3. The fraction of sp³-hybridized carbons (Fsp3) is 0.158. The number of nitro benzene ring substituents is 1. The number of nitro groups is 1. The molecule has 2 N–H and O–H groups in total. The van der Waals surface area contributed by atoms with Crippen molar-refractivity contribution < 1.29 is 9.66 Å². The number of aryl methyl sites for hydroxylation is 1. The van der Waals surface area contributed by atoms with Gasteiger partial charge in [0.1, 0.15) is 5.75 Å². The molecule has 0 aliphatic rings. The van der Waals surface area contributed by atoms with E-state index in [-0.39, 0.29) is 10.6 Å². The monoisotopic (exact) mass is 322 g/mol. The zero-order valence-electron chi connectivity index (χ0n) is 13.8. The van der Waals surface area contributed by atoms with Gasteiger partial charge in [0.05, 0.1) is 17.6 Å². The van der Waals surface area contributed by atoms with Gasteiger partial charge in [-0.1, -0.05) is 30.3 Å². The maximum atomic E-state index is 11.7. The highest BCUT2D eigenvalue weighted by Gasteiger charge is 2.25. The van der Waals surface area contributed by atoms with E-state index in [1.54, 1.807) is 26.2 Å². The van der Waals surface area contributed by atoms with Gasteiger partial charge >= 0.3 is 0 Å². The first-order valence-electron chi connectivity index (χ1n) is 7.56. The van der Waals surface area contributed by atoms with Crippen LogP contribution in [0.15, 0.2) is 42.5 Å². The number of anilines is 1. The lowest BCUT2D eigenvalue weighted by Gasteiger charge is -2.17. The number of hydrogen-bond donors (Lipinski definition) is 1. The first-order chi connectivity index (χ1) is 11.5. The van der Waals surface area contributed by atoms with Crippen molar-refractivity contribution in [1.82, 2.24) is 0 Å². The minimum atomic E-state index is -0.365. The minimum Gasteiger partial charge on any atom is -0.496 e. The Hall–Kier alpha value is -3.08. The summed E-state index contributed by atoms with van der Waals surface area (Å²) in [6.45, 7) is 3.63. The lowest BCUT2D eigenvalue weighted by Crippen LogP contribution is -2.02. The summed E-state index contributed by atoms with van der Waals surface area (Å²) in [7, 11) is 1.57. The van der Waals surface area contributed by atoms with Gasteiger partial charge in [0, 0.05) is 22.9 Å². The number of ether oxygens (including phenoxy) is 1. The van der Waals surface area contributed by atoms with E-state index in [0.29, 0.717) is 28.1 Å². The van der Waals surface area contributed by atoms with Crippen molar-refractivity contribution in [2.75, 3.05) is 12.8 Å². The second kappa shape index (κ2) is 5.85. The molecule has 3 rings (SSSR count). The Morgan fingerprint density at radius 1 is 1.08 bits per heavy atom. The Kier molecular flexibility index (Phi) is 3.85. The molecule has 0 spiro atoms. The molecule has 0 saturated carbocycles. The van der Waals surface area contributed by atoms with Gasteiger partial charge in [0.25, 0.3) is 5.69 Å². The lowest BCUT2D eigenvalue weighted by atomic mass is 9.90. The number of methoxy groups -OCH3 is 1. The fourth-order valence-electron chi connectivity index (χ4n) is 3.29. The topological polar surface area (TPSA) is 78.4 Å². The largest absolute Gasteiger partial charge is 0.496 e. The van der Waals surface area contributed by atoms with E-state index < -0.39 is 0 Å². The molecule has 0 aliphatic carbocycles. The van der Waals surface area contributed by atoms with Gasteiger partial charge in [-0.25, -0.2) is 0 Å². The van der Waals surface area contributed by atoms with E-state index in [2.05, 4.69) is 0 Å². The third-order valence-corrected chi connectivity index (χ3v) is 4.30. The summed E-state index contributed by atoms with van der Waals surface area (Å²) in [5, 5.41) is 13.5. The molecule has 0 aromatic heterocycles. The number of benzene rings is 3. The van der Waals surface area contributed by atoms with Crippen LogP contribution in [-0.2, 0) is 0 Å². The molecule has 0 amide bonds. The number of nitrogen functional groups attached to an aromatic ring is 1. The van der Waals surface area contributed by atoms with E-state index in [0.717, 1.165) is 16.3 Å². The average molecular weight is 322 g/mol. The molecule has 3 aromatic carbocycles. The SMILES string of the molecule is COc1c(C)cc([N+](=O)[O-])c(-c2c(N)ccc3ccccc23)c1C. The normalized spacial score (nSPS) is 10.8. The number of hydrogen-bond acceptors (Lipinski definition) is 4. The van der Waals surface area contributed by atoms with Crippen LogP contribution in [0, 0.1) is 24.0 Å². The number of fused-ring (bicyclic) bond motifs is 1. The van der Waals surface area contributed by atoms with Crippen LogP contribution in [0.25, 0.3) is 21.9 Å². The van der Waals surface area contributed by atoms with Gasteiger partial charge in [0.15, 0.2) is 0 Å². The number of nitrogens with two attached hydrogens (primary N) is 1. The summed E-state index contributed by atoms with van der Waals surface area (Å²) in [5.74, 6) is 0.642. The minimum absolute atomic E-state index is 0.0360. The molecule has 0 atom stereocenters. The highest BCUT2D eigenvalue weighted by atomic mass is 16.6. The Labute approximate surface area is 139 Å². The first kappa shape index (κ1) is 15.8. The number of nitrogens with zero attached hydrogens (tertiary/aromatic N) is 1. The molecule has 3 aromatic rings. The molecule has 0 fully saturated rings. The second-order valence-electron chi connectivity index (χ2n) is 5.75. The van der Waals surface area contributed by atoms with Crippen molar-refractivity contribution in [3.8, 4) is 16.9 Å². The van der Waals surface area contributed by atoms with Crippen molar-refractivity contribution in [1.29, 1.82) is 0 Å². The Bertz CT molecular complexity index is 964. The van der Waals surface area contributed by atoms with E-state index in [4.69, 9.17) is 10.5 Å². The van der Waals surface area contributed by atoms with Gasteiger partial charge in [0.2, 0.25) is 0 Å². The molecule has 5 nitrogen and oxygen atoms in total. The Balaban J connectivity index is 2.51. The van der Waals surface area contributed by atoms with Crippen molar-refractivity contribution >= 4 is 22.1 Å². The summed E-state index contributed by atoms with van der Waals surface area (Å²) >= 11 is 0. The van der Waals surface area contributed by atoms with E-state index >= 15 is 0 Å². The standard InChI is InChI=1S/C19H18N2O3/c1-11-10-16(21(22)23)17(12(2)19(11)24-3)18-14-7-5-4-6-13(14)8-9-15(18)20/h4-10H,20H2,1-3H3. The third kappa shape index (κ3) is 2.34. The van der Waals surface area contributed by atoms with Gasteiger partial charge in [-0.05, 0) is 36.2 Å². The van der Waals surface area contributed by atoms with Crippen LogP contribution in [0.3, 0.4) is 0 Å². The Morgan fingerprint density at radius 3 is 2.46 bits per heavy atom. The van der Waals surface area contributed by atoms with Gasteiger partial charge in [-0.2, -0.15) is 0 Å². The molecular weight excluding hydrogens is 304 g/mol. The predicted octanol–water partition coefficient (Wildman–Crippen LogP) is 4.62. The predicted molar refractivity (Wildman–Crippen MR) is 96.5 cm³/mol. The summed E-state index contributed by atoms with van der Waals surface area (Å²) < 4.78 is 5.46. The van der Waals surface area contributed by atoms with Gasteiger partial charge < -0.3 is 10.5 Å². The lowest BCUT2D eigenvalue weighted by molar-refractivity contribution is -0.384. The molecule has 122 valence electrons. The van der Waals surface area contributed by atoms with Crippen LogP contribution in [-0.4, -0.2) is 12.0 Å². The molecule has 5 heteroatoms. The second-order valence-corrected chi connectivity index (χ2v) is 5.75. The summed E-state index contributed by atoms with van der Waals surface area (Å²) in [6, 6.07) is 13.0. The van der Waals surface area contributed by atoms with Gasteiger partial charge in [-0.3, -0.25) is 10.1 Å². The molecule has 0 aliphatic heterocycles. The van der Waals surface area contributed by atoms with Crippen LogP contribution in [0.1, 0.15) is 11.1 Å². The van der Waals surface area contributed by atoms with Crippen LogP contribution < -0.4 is 10.5 Å². The summed E-state index contributed by atoms with van der Waals surface area (Å²) in [6.07, 6.45) is 0. The summed E-state index contributed by atoms with van der Waals surface area (Å²) in [5.41, 5.74) is 9.39. The third-order valence-electron chi connectivity index (χ3n) is 4.30. The van der Waals surface area contributed by atoms with Crippen molar-refractivity contribution in [3.05, 3.63) is 63.7 Å². The van der Waals surface area contributed by atoms with E-state index in [1.165, 1.54) is 0 Å². The molecule has 24 heavy (non-hydrogen) atoms. The quantitative estimate of drug-likeness (QED) is 0.433. The van der Waals surface area contributed by atoms with E-state index in [1.807, 2.05) is 37.3 Å². The van der Waals surface area contributed by atoms with Crippen LogP contribution in [0.4, 0.5) is 11.4 Å². The average Bonchev–Trinajstić information content (AvgIpc) is 2.55. The highest BCUT2D eigenvalue weighted by molar-refractivity contribution is 6.05. The first-order valence-corrected chi connectivity index (χ1v) is 7.56. The van der Waals surface area contributed by atoms with Crippen molar-refractivity contribution in [2.24, 2.45) is 0 Å². The molecule has 0 heterocycles. The van der Waals surface area contributed by atoms with Crippen LogP contribution in [0.5, 0.6) is 5.75 Å². The molecule has 0 bridgehead atoms. The van der Waals surface area contributed by atoms with Crippen LogP contribution >= 0.6 is 0 Å². The molecular formula is C19H18N2O3. The van der Waals surface area contributed by atoms with E-state index in [9.17, 15) is 10.1 Å². The van der Waals surface area contributed by atoms with Crippen molar-refractivity contribution in [2.45, 2.75) is 13.8 Å². The highest BCUT2D eigenvalue weighted by Crippen LogP contribution is 2.45. The molecule has 0 saturated heterocycles. The maximum absolute atomic E-state index is 11.7. The fourth-order valence-corrected chi connectivity index (χ4v) is 3.29. The smallest absolute Gasteiger partial charge is 0.278 e. The summed E-state index contributed by atoms with van der Waals surface area (Å²) in [4.78, 5) is 11.3. The van der Waals surface area contributed by atoms with Crippen molar-refractivity contribution in [3.63, 3.8) is 0 Å².